The van der Waals surface area contributed by atoms with E-state index in [1.807, 2.05) is 12.1 Å². The van der Waals surface area contributed by atoms with Gasteiger partial charge < -0.3 is 16.3 Å². The van der Waals surface area contributed by atoms with Crippen molar-refractivity contribution in [2.45, 2.75) is 25.7 Å². The molecule has 19 heavy (non-hydrogen) atoms. The average molecular weight is 261 g/mol. The second-order valence-corrected chi connectivity index (χ2v) is 4.84. The summed E-state index contributed by atoms with van der Waals surface area (Å²) in [7, 11) is 0. The molecule has 1 atom stereocenters. The number of nitrogens with one attached hydrogen (secondary N) is 1. The van der Waals surface area contributed by atoms with Crippen LogP contribution in [0.15, 0.2) is 29.4 Å². The smallest absolute Gasteiger partial charge is 0.223 e. The number of nitrogens with two attached hydrogens (primary N) is 1. The van der Waals surface area contributed by atoms with Crippen molar-refractivity contribution in [3.8, 4) is 0 Å². The van der Waals surface area contributed by atoms with Crippen LogP contribution in [0.1, 0.15) is 24.0 Å². The highest BCUT2D eigenvalue weighted by molar-refractivity contribution is 5.82. The first-order chi connectivity index (χ1) is 9.20. The Kier molecular flexibility index (Phi) is 4.39. The molecule has 0 bridgehead atoms. The second kappa shape index (κ2) is 6.22. The Hall–Kier alpha value is -2.04. The van der Waals surface area contributed by atoms with Crippen molar-refractivity contribution in [3.05, 3.63) is 35.4 Å². The quantitative estimate of drug-likeness (QED) is 0.327. The van der Waals surface area contributed by atoms with Gasteiger partial charge in [-0.1, -0.05) is 29.4 Å². The Morgan fingerprint density at radius 3 is 2.89 bits per heavy atom. The van der Waals surface area contributed by atoms with Gasteiger partial charge in [0.05, 0.1) is 0 Å². The number of hydrogen-bond donors (Lipinski definition) is 3. The Morgan fingerprint density at radius 1 is 1.42 bits per heavy atom. The number of aryl methyl sites for hydroxylation is 1. The van der Waals surface area contributed by atoms with Crippen LogP contribution in [-0.2, 0) is 17.6 Å². The zero-order valence-electron chi connectivity index (χ0n) is 10.8. The molecule has 0 aromatic heterocycles. The molecule has 1 aromatic rings. The van der Waals surface area contributed by atoms with Crippen molar-refractivity contribution < 1.29 is 10.0 Å². The fourth-order valence-corrected chi connectivity index (χ4v) is 2.43. The van der Waals surface area contributed by atoms with Crippen LogP contribution in [-0.4, -0.2) is 23.5 Å². The Bertz CT molecular complexity index is 485. The van der Waals surface area contributed by atoms with Crippen LogP contribution in [0.25, 0.3) is 0 Å². The number of carbonyl (C=O) groups excluding carboxylic acids is 1. The molecule has 5 heteroatoms. The van der Waals surface area contributed by atoms with Crippen molar-refractivity contribution >= 4 is 11.7 Å². The van der Waals surface area contributed by atoms with E-state index in [-0.39, 0.29) is 17.7 Å². The zero-order valence-corrected chi connectivity index (χ0v) is 10.8. The molecule has 1 aliphatic rings. The van der Waals surface area contributed by atoms with Gasteiger partial charge in [-0.25, -0.2) is 0 Å². The molecule has 0 radical (unpaired) electrons. The van der Waals surface area contributed by atoms with Crippen molar-refractivity contribution in [1.82, 2.24) is 5.32 Å². The lowest BCUT2D eigenvalue weighted by atomic mass is 9.83. The summed E-state index contributed by atoms with van der Waals surface area (Å²) in [6, 6.07) is 8.26. The summed E-state index contributed by atoms with van der Waals surface area (Å²) in [5, 5.41) is 14.1. The molecule has 0 saturated heterocycles. The van der Waals surface area contributed by atoms with Gasteiger partial charge in [0.15, 0.2) is 0 Å². The largest absolute Gasteiger partial charge is 0.409 e. The summed E-state index contributed by atoms with van der Waals surface area (Å²) in [5.41, 5.74) is 7.97. The van der Waals surface area contributed by atoms with Gasteiger partial charge in [0.25, 0.3) is 0 Å². The van der Waals surface area contributed by atoms with E-state index >= 15 is 0 Å². The summed E-state index contributed by atoms with van der Waals surface area (Å²) < 4.78 is 0. The number of oxime groups is 1. The average Bonchev–Trinajstić information content (AvgIpc) is 2.46. The lowest BCUT2D eigenvalue weighted by molar-refractivity contribution is -0.125. The molecule has 0 heterocycles. The Balaban J connectivity index is 1.85. The van der Waals surface area contributed by atoms with Gasteiger partial charge in [-0.2, -0.15) is 0 Å². The minimum atomic E-state index is 0.0298. The lowest BCUT2D eigenvalue weighted by Gasteiger charge is -2.23. The summed E-state index contributed by atoms with van der Waals surface area (Å²) >= 11 is 0. The number of nitrogens with zero attached hydrogens (tertiary/aromatic N) is 1. The maximum absolute atomic E-state index is 12.0. The molecule has 0 spiro atoms. The molecule has 1 aliphatic carbocycles. The highest BCUT2D eigenvalue weighted by Crippen LogP contribution is 2.25. The van der Waals surface area contributed by atoms with Crippen LogP contribution in [0.3, 0.4) is 0 Å². The number of carbonyl (C=O) groups is 1. The Morgan fingerprint density at radius 2 is 2.16 bits per heavy atom. The van der Waals surface area contributed by atoms with Gasteiger partial charge >= 0.3 is 0 Å². The SMILES string of the molecule is N/C(CCNC(=O)C1CCc2ccccc2C1)=N/O. The van der Waals surface area contributed by atoms with E-state index in [9.17, 15) is 4.79 Å². The van der Waals surface area contributed by atoms with E-state index in [0.29, 0.717) is 13.0 Å². The van der Waals surface area contributed by atoms with Crippen LogP contribution in [0.2, 0.25) is 0 Å². The fraction of sp³-hybridized carbons (Fsp3) is 0.429. The predicted molar refractivity (Wildman–Crippen MR) is 73.0 cm³/mol. The highest BCUT2D eigenvalue weighted by Gasteiger charge is 2.23. The molecule has 1 aromatic carbocycles. The minimum Gasteiger partial charge on any atom is -0.409 e. The normalized spacial score (nSPS) is 18.7. The van der Waals surface area contributed by atoms with E-state index in [0.717, 1.165) is 19.3 Å². The standard InChI is InChI=1S/C14H19N3O2/c15-13(17-19)7-8-16-14(18)12-6-5-10-3-1-2-4-11(10)9-12/h1-4,12,19H,5-9H2,(H2,15,17)(H,16,18). The van der Waals surface area contributed by atoms with Crippen molar-refractivity contribution in [2.75, 3.05) is 6.54 Å². The van der Waals surface area contributed by atoms with Crippen molar-refractivity contribution in [3.63, 3.8) is 0 Å². The van der Waals surface area contributed by atoms with Gasteiger partial charge in [0, 0.05) is 18.9 Å². The number of amidine groups is 1. The van der Waals surface area contributed by atoms with Crippen molar-refractivity contribution in [2.24, 2.45) is 16.8 Å². The third-order valence-electron chi connectivity index (χ3n) is 3.53. The molecular weight excluding hydrogens is 242 g/mol. The third kappa shape index (κ3) is 3.47. The summed E-state index contributed by atoms with van der Waals surface area (Å²) in [4.78, 5) is 12.0. The summed E-state index contributed by atoms with van der Waals surface area (Å²) in [5.74, 6) is 0.219. The van der Waals surface area contributed by atoms with Gasteiger partial charge in [0.2, 0.25) is 5.91 Å². The zero-order chi connectivity index (χ0) is 13.7. The van der Waals surface area contributed by atoms with Crippen LogP contribution >= 0.6 is 0 Å². The maximum Gasteiger partial charge on any atom is 0.223 e. The van der Waals surface area contributed by atoms with Gasteiger partial charge in [-0.05, 0) is 30.4 Å². The third-order valence-corrected chi connectivity index (χ3v) is 3.53. The molecule has 5 nitrogen and oxygen atoms in total. The highest BCUT2D eigenvalue weighted by atomic mass is 16.4. The fourth-order valence-electron chi connectivity index (χ4n) is 2.43. The van der Waals surface area contributed by atoms with Gasteiger partial charge in [-0.3, -0.25) is 4.79 Å². The van der Waals surface area contributed by atoms with E-state index in [1.54, 1.807) is 0 Å². The summed E-state index contributed by atoms with van der Waals surface area (Å²) in [6.07, 6.45) is 3.00. The van der Waals surface area contributed by atoms with E-state index < -0.39 is 0 Å². The molecule has 0 saturated carbocycles. The monoisotopic (exact) mass is 261 g/mol. The maximum atomic E-state index is 12.0. The predicted octanol–water partition coefficient (Wildman–Crippen LogP) is 1.04. The van der Waals surface area contributed by atoms with Crippen LogP contribution in [0.5, 0.6) is 0 Å². The first kappa shape index (κ1) is 13.4. The topological polar surface area (TPSA) is 87.7 Å². The van der Waals surface area contributed by atoms with Crippen molar-refractivity contribution in [1.29, 1.82) is 0 Å². The second-order valence-electron chi connectivity index (χ2n) is 4.84. The lowest BCUT2D eigenvalue weighted by Crippen LogP contribution is -2.35. The van der Waals surface area contributed by atoms with E-state index in [4.69, 9.17) is 10.9 Å². The number of fused-ring (bicyclic) bond motifs is 1. The Labute approximate surface area is 112 Å². The summed E-state index contributed by atoms with van der Waals surface area (Å²) in [6.45, 7) is 0.410. The van der Waals surface area contributed by atoms with Crippen LogP contribution in [0, 0.1) is 5.92 Å². The molecule has 102 valence electrons. The minimum absolute atomic E-state index is 0.0298. The number of amides is 1. The number of rotatable bonds is 4. The number of benzene rings is 1. The molecule has 4 N–H and O–H groups in total. The first-order valence-corrected chi connectivity index (χ1v) is 6.51. The molecular formula is C14H19N3O2. The molecule has 2 rings (SSSR count). The molecule has 0 aliphatic heterocycles. The van der Waals surface area contributed by atoms with Gasteiger partial charge in [-0.15, -0.1) is 0 Å². The molecule has 1 unspecified atom stereocenters. The molecule has 1 amide bonds. The van der Waals surface area contributed by atoms with E-state index in [1.165, 1.54) is 11.1 Å². The van der Waals surface area contributed by atoms with Gasteiger partial charge in [0.1, 0.15) is 5.84 Å². The number of hydrogen-bond acceptors (Lipinski definition) is 3. The van der Waals surface area contributed by atoms with Crippen LogP contribution < -0.4 is 11.1 Å². The van der Waals surface area contributed by atoms with E-state index in [2.05, 4.69) is 22.6 Å². The molecule has 0 fully saturated rings. The van der Waals surface area contributed by atoms with Crippen LogP contribution in [0.4, 0.5) is 0 Å². The first-order valence-electron chi connectivity index (χ1n) is 6.51.